The molecular weight excluding hydrogens is 685 g/mol. The molecule has 262 valence electrons. The molecule has 0 saturated carbocycles. The molecule has 9 aromatic carbocycles. The van der Waals surface area contributed by atoms with Crippen molar-refractivity contribution in [3.63, 3.8) is 0 Å². The number of aromatic nitrogens is 1. The summed E-state index contributed by atoms with van der Waals surface area (Å²) in [5.74, 6) is 0. The van der Waals surface area contributed by atoms with Crippen LogP contribution in [0, 0.1) is 0 Å². The molecule has 12 aromatic rings. The molecule has 0 bridgehead atoms. The molecule has 0 aliphatic rings. The van der Waals surface area contributed by atoms with Crippen molar-refractivity contribution in [2.45, 2.75) is 0 Å². The van der Waals surface area contributed by atoms with Gasteiger partial charge in [0.25, 0.3) is 0 Å². The summed E-state index contributed by atoms with van der Waals surface area (Å²) in [5.41, 5.74) is 12.4. The molecule has 0 fully saturated rings. The van der Waals surface area contributed by atoms with E-state index in [0.717, 1.165) is 77.8 Å². The van der Waals surface area contributed by atoms with E-state index in [9.17, 15) is 0 Å². The van der Waals surface area contributed by atoms with Crippen LogP contribution < -0.4 is 4.90 Å². The minimum Gasteiger partial charge on any atom is -0.456 e. The third-order valence-corrected chi connectivity index (χ3v) is 11.4. The maximum absolute atomic E-state index is 6.42. The summed E-state index contributed by atoms with van der Waals surface area (Å²) in [6.07, 6.45) is 0. The lowest BCUT2D eigenvalue weighted by Gasteiger charge is -2.26. The first-order chi connectivity index (χ1) is 27.8. The van der Waals surface area contributed by atoms with Crippen molar-refractivity contribution in [3.05, 3.63) is 194 Å². The van der Waals surface area contributed by atoms with Crippen LogP contribution in [0.2, 0.25) is 0 Å². The Bertz CT molecular complexity index is 3490. The van der Waals surface area contributed by atoms with Crippen molar-refractivity contribution >= 4 is 93.5 Å². The topological polar surface area (TPSA) is 34.5 Å². The summed E-state index contributed by atoms with van der Waals surface area (Å²) in [5, 5.41) is 9.33. The van der Waals surface area contributed by atoms with Gasteiger partial charge in [0.2, 0.25) is 0 Å². The van der Waals surface area contributed by atoms with Gasteiger partial charge in [-0.2, -0.15) is 0 Å². The molecule has 0 radical (unpaired) electrons. The van der Waals surface area contributed by atoms with E-state index in [-0.39, 0.29) is 0 Å². The van der Waals surface area contributed by atoms with Gasteiger partial charge >= 0.3 is 0 Å². The maximum atomic E-state index is 6.42. The number of furan rings is 2. The van der Waals surface area contributed by atoms with E-state index in [4.69, 9.17) is 8.83 Å². The predicted octanol–water partition coefficient (Wildman–Crippen LogP) is 14.9. The molecule has 4 heteroatoms. The highest BCUT2D eigenvalue weighted by Crippen LogP contribution is 2.45. The average molecular weight is 717 g/mol. The van der Waals surface area contributed by atoms with Gasteiger partial charge in [-0.25, -0.2) is 0 Å². The average Bonchev–Trinajstić information content (AvgIpc) is 3.94. The molecule has 0 N–H and O–H groups in total. The molecule has 3 aromatic heterocycles. The Labute approximate surface area is 321 Å². The molecule has 0 amide bonds. The Balaban J connectivity index is 1.06. The predicted molar refractivity (Wildman–Crippen MR) is 233 cm³/mol. The highest BCUT2D eigenvalue weighted by molar-refractivity contribution is 6.19. The molecule has 0 aliphatic carbocycles. The zero-order chi connectivity index (χ0) is 36.7. The Morgan fingerprint density at radius 2 is 1.02 bits per heavy atom. The van der Waals surface area contributed by atoms with Crippen molar-refractivity contribution in [2.24, 2.45) is 0 Å². The smallest absolute Gasteiger partial charge is 0.137 e. The van der Waals surface area contributed by atoms with Crippen molar-refractivity contribution < 1.29 is 8.83 Å². The van der Waals surface area contributed by atoms with Gasteiger partial charge in [0, 0.05) is 55.3 Å². The first-order valence-electron chi connectivity index (χ1n) is 19.0. The van der Waals surface area contributed by atoms with Gasteiger partial charge in [0.1, 0.15) is 22.3 Å². The number of rotatable bonds is 5. The second kappa shape index (κ2) is 12.0. The second-order valence-corrected chi connectivity index (χ2v) is 14.5. The van der Waals surface area contributed by atoms with Crippen LogP contribution >= 0.6 is 0 Å². The zero-order valence-electron chi connectivity index (χ0n) is 30.2. The van der Waals surface area contributed by atoms with Crippen LogP contribution in [0.4, 0.5) is 17.1 Å². The maximum Gasteiger partial charge on any atom is 0.137 e. The normalized spacial score (nSPS) is 11.9. The van der Waals surface area contributed by atoms with Crippen LogP contribution in [0.25, 0.3) is 93.3 Å². The molecule has 12 rings (SSSR count). The number of fused-ring (bicyclic) bond motifs is 11. The van der Waals surface area contributed by atoms with E-state index in [1.807, 2.05) is 24.3 Å². The second-order valence-electron chi connectivity index (χ2n) is 14.5. The summed E-state index contributed by atoms with van der Waals surface area (Å²) < 4.78 is 15.3. The summed E-state index contributed by atoms with van der Waals surface area (Å²) in [4.78, 5) is 2.33. The molecule has 3 heterocycles. The fourth-order valence-electron chi connectivity index (χ4n) is 8.91. The van der Waals surface area contributed by atoms with Crippen LogP contribution in [-0.2, 0) is 0 Å². The van der Waals surface area contributed by atoms with Gasteiger partial charge in [-0.05, 0) is 71.6 Å². The van der Waals surface area contributed by atoms with E-state index in [2.05, 4.69) is 179 Å². The number of para-hydroxylation sites is 4. The third-order valence-electron chi connectivity index (χ3n) is 11.4. The quantitative estimate of drug-likeness (QED) is 0.178. The van der Waals surface area contributed by atoms with E-state index < -0.39 is 0 Å². The van der Waals surface area contributed by atoms with Crippen LogP contribution in [0.3, 0.4) is 0 Å². The van der Waals surface area contributed by atoms with Gasteiger partial charge in [0.15, 0.2) is 0 Å². The van der Waals surface area contributed by atoms with Gasteiger partial charge in [0.05, 0.1) is 27.8 Å². The summed E-state index contributed by atoms with van der Waals surface area (Å²) in [7, 11) is 0. The van der Waals surface area contributed by atoms with E-state index in [1.165, 1.54) is 32.6 Å². The third kappa shape index (κ3) is 4.53. The fourth-order valence-corrected chi connectivity index (χ4v) is 8.91. The van der Waals surface area contributed by atoms with Crippen LogP contribution in [0.5, 0.6) is 0 Å². The lowest BCUT2D eigenvalue weighted by molar-refractivity contribution is 0.669. The summed E-state index contributed by atoms with van der Waals surface area (Å²) in [6, 6.07) is 69.0. The monoisotopic (exact) mass is 716 g/mol. The van der Waals surface area contributed by atoms with Crippen molar-refractivity contribution in [3.8, 4) is 16.8 Å². The Morgan fingerprint density at radius 3 is 1.89 bits per heavy atom. The molecule has 0 unspecified atom stereocenters. The highest BCUT2D eigenvalue weighted by Gasteiger charge is 2.22. The SMILES string of the molecule is c1ccc(-n2c3ccccc3c3ccc4ccccc4c32)c(-c2ccc(N(c3ccc4c(c3)oc3ccccc34)c3cccc4oc5ccccc5c34)cc2)c1. The molecule has 0 spiro atoms. The zero-order valence-corrected chi connectivity index (χ0v) is 30.2. The number of nitrogens with zero attached hydrogens (tertiary/aromatic N) is 2. The summed E-state index contributed by atoms with van der Waals surface area (Å²) >= 11 is 0. The van der Waals surface area contributed by atoms with E-state index in [1.54, 1.807) is 0 Å². The number of benzene rings is 9. The number of hydrogen-bond donors (Lipinski definition) is 0. The van der Waals surface area contributed by atoms with E-state index in [0.29, 0.717) is 0 Å². The summed E-state index contributed by atoms with van der Waals surface area (Å²) in [6.45, 7) is 0. The van der Waals surface area contributed by atoms with Crippen LogP contribution in [-0.4, -0.2) is 4.57 Å². The van der Waals surface area contributed by atoms with Crippen LogP contribution in [0.15, 0.2) is 203 Å². The van der Waals surface area contributed by atoms with Gasteiger partial charge < -0.3 is 18.3 Å². The van der Waals surface area contributed by atoms with Gasteiger partial charge in [-0.3, -0.25) is 0 Å². The van der Waals surface area contributed by atoms with Crippen molar-refractivity contribution in [1.29, 1.82) is 0 Å². The lowest BCUT2D eigenvalue weighted by Crippen LogP contribution is -2.10. The Kier molecular flexibility index (Phi) is 6.60. The Hall–Kier alpha value is -7.56. The van der Waals surface area contributed by atoms with Gasteiger partial charge in [-0.1, -0.05) is 127 Å². The first-order valence-corrected chi connectivity index (χ1v) is 19.0. The highest BCUT2D eigenvalue weighted by atomic mass is 16.3. The Morgan fingerprint density at radius 1 is 0.393 bits per heavy atom. The lowest BCUT2D eigenvalue weighted by atomic mass is 10.0. The van der Waals surface area contributed by atoms with Gasteiger partial charge in [-0.15, -0.1) is 0 Å². The molecular formula is C52H32N2O2. The largest absolute Gasteiger partial charge is 0.456 e. The van der Waals surface area contributed by atoms with Crippen molar-refractivity contribution in [1.82, 2.24) is 4.57 Å². The minimum absolute atomic E-state index is 0.849. The molecule has 0 atom stereocenters. The molecule has 0 saturated heterocycles. The molecule has 0 aliphatic heterocycles. The molecule has 4 nitrogen and oxygen atoms in total. The van der Waals surface area contributed by atoms with Crippen LogP contribution in [0.1, 0.15) is 0 Å². The first kappa shape index (κ1) is 30.9. The van der Waals surface area contributed by atoms with E-state index >= 15 is 0 Å². The van der Waals surface area contributed by atoms with Crippen molar-refractivity contribution in [2.75, 3.05) is 4.90 Å². The number of hydrogen-bond acceptors (Lipinski definition) is 3. The molecule has 56 heavy (non-hydrogen) atoms. The standard InChI is InChI=1S/C52H32N2O2/c1-2-14-38-33(12-1)26-30-42-39-15-4-8-19-45(39)54(52(38)42)44-18-7-3-13-37(44)34-24-27-35(28-25-34)53(36-29-31-41-40-16-5-9-21-47(40)56-50(41)32-36)46-20-11-23-49-51(46)43-17-6-10-22-48(43)55-49/h1-32H. The fraction of sp³-hybridized carbons (Fsp3) is 0. The minimum atomic E-state index is 0.849. The number of anilines is 3.